The van der Waals surface area contributed by atoms with Crippen LogP contribution in [0, 0.1) is 5.82 Å². The summed E-state index contributed by atoms with van der Waals surface area (Å²) in [7, 11) is 0. The lowest BCUT2D eigenvalue weighted by Gasteiger charge is -2.31. The van der Waals surface area contributed by atoms with Crippen molar-refractivity contribution in [3.63, 3.8) is 0 Å². The van der Waals surface area contributed by atoms with Gasteiger partial charge in [-0.05, 0) is 25.0 Å². The third-order valence-corrected chi connectivity index (χ3v) is 4.79. The number of aromatic amines is 1. The first-order valence-corrected chi connectivity index (χ1v) is 8.51. The van der Waals surface area contributed by atoms with Crippen molar-refractivity contribution < 1.29 is 9.18 Å². The number of para-hydroxylation sites is 1. The quantitative estimate of drug-likeness (QED) is 0.768. The van der Waals surface area contributed by atoms with E-state index in [1.807, 2.05) is 0 Å². The molecule has 1 N–H and O–H groups in total. The molecule has 3 heterocycles. The number of aromatic nitrogens is 3. The van der Waals surface area contributed by atoms with Gasteiger partial charge in [0.25, 0.3) is 11.5 Å². The van der Waals surface area contributed by atoms with Crippen LogP contribution in [-0.4, -0.2) is 38.8 Å². The fraction of sp³-hybridized carbons (Fsp3) is 0.263. The first-order chi connectivity index (χ1) is 12.6. The number of H-pyrrole nitrogens is 1. The van der Waals surface area contributed by atoms with Gasteiger partial charge in [0.2, 0.25) is 0 Å². The molecular weight excluding hydrogens is 335 g/mol. The van der Waals surface area contributed by atoms with E-state index >= 15 is 0 Å². The van der Waals surface area contributed by atoms with Crippen LogP contribution in [0.1, 0.15) is 34.9 Å². The molecule has 0 atom stereocenters. The lowest BCUT2D eigenvalue weighted by atomic mass is 9.93. The molecular formula is C19H17FN4O2. The van der Waals surface area contributed by atoms with Gasteiger partial charge in [0.15, 0.2) is 0 Å². The molecule has 1 amide bonds. The predicted octanol–water partition coefficient (Wildman–Crippen LogP) is 2.48. The highest BCUT2D eigenvalue weighted by Crippen LogP contribution is 2.26. The maximum Gasteiger partial charge on any atom is 0.272 e. The molecule has 6 nitrogen and oxygen atoms in total. The first kappa shape index (κ1) is 16.4. The van der Waals surface area contributed by atoms with E-state index in [0.717, 1.165) is 18.5 Å². The van der Waals surface area contributed by atoms with Crippen LogP contribution >= 0.6 is 0 Å². The summed E-state index contributed by atoms with van der Waals surface area (Å²) >= 11 is 0. The SMILES string of the molecule is O=C(c1ccc2cccc(F)c2n1)N1CCC(c2cc(=O)[nH]cn2)CC1. The number of hydrogen-bond donors (Lipinski definition) is 1. The molecule has 7 heteroatoms. The number of rotatable bonds is 2. The van der Waals surface area contributed by atoms with E-state index < -0.39 is 5.82 Å². The molecule has 4 rings (SSSR count). The van der Waals surface area contributed by atoms with Crippen molar-refractivity contribution in [1.29, 1.82) is 0 Å². The van der Waals surface area contributed by atoms with Crippen molar-refractivity contribution in [3.8, 4) is 0 Å². The largest absolute Gasteiger partial charge is 0.337 e. The van der Waals surface area contributed by atoms with Crippen LogP contribution in [0.25, 0.3) is 10.9 Å². The monoisotopic (exact) mass is 352 g/mol. The summed E-state index contributed by atoms with van der Waals surface area (Å²) < 4.78 is 13.9. The number of piperidine rings is 1. The van der Waals surface area contributed by atoms with Gasteiger partial charge in [0.1, 0.15) is 17.0 Å². The second-order valence-electron chi connectivity index (χ2n) is 6.41. The van der Waals surface area contributed by atoms with Gasteiger partial charge in [-0.1, -0.05) is 18.2 Å². The summed E-state index contributed by atoms with van der Waals surface area (Å²) in [5.41, 5.74) is 1.04. The molecule has 3 aromatic rings. The van der Waals surface area contributed by atoms with Gasteiger partial charge in [0.05, 0.1) is 12.0 Å². The minimum atomic E-state index is -0.434. The van der Waals surface area contributed by atoms with E-state index in [0.29, 0.717) is 18.5 Å². The van der Waals surface area contributed by atoms with Crippen LogP contribution in [0.2, 0.25) is 0 Å². The molecule has 0 unspecified atom stereocenters. The summed E-state index contributed by atoms with van der Waals surface area (Å²) in [5.74, 6) is -0.480. The number of fused-ring (bicyclic) bond motifs is 1. The first-order valence-electron chi connectivity index (χ1n) is 8.51. The fourth-order valence-corrected chi connectivity index (χ4v) is 3.38. The highest BCUT2D eigenvalue weighted by Gasteiger charge is 2.26. The Labute approximate surface area is 148 Å². The lowest BCUT2D eigenvalue weighted by Crippen LogP contribution is -2.38. The van der Waals surface area contributed by atoms with Gasteiger partial charge < -0.3 is 9.88 Å². The maximum atomic E-state index is 13.9. The van der Waals surface area contributed by atoms with Gasteiger partial charge in [-0.2, -0.15) is 0 Å². The summed E-state index contributed by atoms with van der Waals surface area (Å²) in [4.78, 5) is 36.8. The standard InChI is InChI=1S/C19H17FN4O2/c20-14-3-1-2-13-4-5-15(23-18(13)14)19(26)24-8-6-12(7-9-24)16-10-17(25)22-11-21-16/h1-5,10-12H,6-9H2,(H,21,22,25). The molecule has 0 spiro atoms. The van der Waals surface area contributed by atoms with Gasteiger partial charge in [-0.3, -0.25) is 9.59 Å². The zero-order valence-electron chi connectivity index (χ0n) is 14.0. The van der Waals surface area contributed by atoms with Crippen LogP contribution in [0.4, 0.5) is 4.39 Å². The van der Waals surface area contributed by atoms with Crippen molar-refractivity contribution in [1.82, 2.24) is 19.9 Å². The number of pyridine rings is 1. The minimum Gasteiger partial charge on any atom is -0.337 e. The second-order valence-corrected chi connectivity index (χ2v) is 6.41. The molecule has 1 aromatic carbocycles. The van der Waals surface area contributed by atoms with E-state index in [-0.39, 0.29) is 28.6 Å². The number of hydrogen-bond acceptors (Lipinski definition) is 4. The third-order valence-electron chi connectivity index (χ3n) is 4.79. The topological polar surface area (TPSA) is 79.0 Å². The van der Waals surface area contributed by atoms with E-state index in [1.165, 1.54) is 18.5 Å². The van der Waals surface area contributed by atoms with Crippen molar-refractivity contribution in [3.05, 3.63) is 70.3 Å². The Balaban J connectivity index is 1.50. The molecule has 26 heavy (non-hydrogen) atoms. The number of carbonyl (C=O) groups excluding carboxylic acids is 1. The Morgan fingerprint density at radius 2 is 2.00 bits per heavy atom. The predicted molar refractivity (Wildman–Crippen MR) is 94.4 cm³/mol. The van der Waals surface area contributed by atoms with Gasteiger partial charge in [-0.25, -0.2) is 14.4 Å². The number of halogens is 1. The molecule has 1 aliphatic heterocycles. The Hall–Kier alpha value is -3.09. The number of likely N-dealkylation sites (tertiary alicyclic amines) is 1. The number of carbonyl (C=O) groups is 1. The zero-order chi connectivity index (χ0) is 18.1. The van der Waals surface area contributed by atoms with Gasteiger partial charge in [0, 0.05) is 30.5 Å². The molecule has 132 valence electrons. The number of nitrogens with zero attached hydrogens (tertiary/aromatic N) is 3. The van der Waals surface area contributed by atoms with Crippen molar-refractivity contribution in [2.45, 2.75) is 18.8 Å². The third kappa shape index (κ3) is 3.08. The van der Waals surface area contributed by atoms with E-state index in [4.69, 9.17) is 0 Å². The molecule has 0 radical (unpaired) electrons. The van der Waals surface area contributed by atoms with Gasteiger partial charge >= 0.3 is 0 Å². The van der Waals surface area contributed by atoms with Gasteiger partial charge in [-0.15, -0.1) is 0 Å². The van der Waals surface area contributed by atoms with Crippen LogP contribution in [0.15, 0.2) is 47.5 Å². The molecule has 1 fully saturated rings. The summed E-state index contributed by atoms with van der Waals surface area (Å²) in [6, 6.07) is 9.58. The van der Waals surface area contributed by atoms with Crippen LogP contribution in [0.5, 0.6) is 0 Å². The van der Waals surface area contributed by atoms with Crippen molar-refractivity contribution >= 4 is 16.8 Å². The summed E-state index contributed by atoms with van der Waals surface area (Å²) in [6.07, 6.45) is 2.86. The average Bonchev–Trinajstić information content (AvgIpc) is 2.68. The second kappa shape index (κ2) is 6.67. The van der Waals surface area contributed by atoms with Crippen molar-refractivity contribution in [2.24, 2.45) is 0 Å². The van der Waals surface area contributed by atoms with Crippen LogP contribution in [0.3, 0.4) is 0 Å². The molecule has 0 aliphatic carbocycles. The lowest BCUT2D eigenvalue weighted by molar-refractivity contribution is 0.0706. The van der Waals surface area contributed by atoms with E-state index in [1.54, 1.807) is 29.2 Å². The van der Waals surface area contributed by atoms with E-state index in [9.17, 15) is 14.0 Å². The molecule has 0 saturated carbocycles. The summed E-state index contributed by atoms with van der Waals surface area (Å²) in [6.45, 7) is 1.10. The Morgan fingerprint density at radius 3 is 2.77 bits per heavy atom. The zero-order valence-corrected chi connectivity index (χ0v) is 14.0. The van der Waals surface area contributed by atoms with E-state index in [2.05, 4.69) is 15.0 Å². The minimum absolute atomic E-state index is 0.156. The average molecular weight is 352 g/mol. The number of nitrogens with one attached hydrogen (secondary N) is 1. The Morgan fingerprint density at radius 1 is 1.19 bits per heavy atom. The summed E-state index contributed by atoms with van der Waals surface area (Å²) in [5, 5.41) is 0.667. The smallest absolute Gasteiger partial charge is 0.272 e. The van der Waals surface area contributed by atoms with Crippen molar-refractivity contribution in [2.75, 3.05) is 13.1 Å². The highest BCUT2D eigenvalue weighted by atomic mass is 19.1. The van der Waals surface area contributed by atoms with Crippen LogP contribution < -0.4 is 5.56 Å². The molecule has 1 aliphatic rings. The normalized spacial score (nSPS) is 15.3. The maximum absolute atomic E-state index is 13.9. The molecule has 0 bridgehead atoms. The number of amides is 1. The number of benzene rings is 1. The Kier molecular flexibility index (Phi) is 4.20. The van der Waals surface area contributed by atoms with Crippen LogP contribution in [-0.2, 0) is 0 Å². The Bertz CT molecular complexity index is 1030. The molecule has 1 saturated heterocycles. The highest BCUT2D eigenvalue weighted by molar-refractivity contribution is 5.95. The fourth-order valence-electron chi connectivity index (χ4n) is 3.38. The molecule has 2 aromatic heterocycles.